The average molecular weight is 397 g/mol. The van der Waals surface area contributed by atoms with Crippen LogP contribution < -0.4 is 10.4 Å². The van der Waals surface area contributed by atoms with Gasteiger partial charge >= 0.3 is 11.7 Å². The van der Waals surface area contributed by atoms with E-state index in [1.54, 1.807) is 40.8 Å². The minimum absolute atomic E-state index is 0.0390. The van der Waals surface area contributed by atoms with Crippen LogP contribution in [-0.4, -0.2) is 44.7 Å². The number of likely N-dealkylation sites (N-methyl/N-ethyl adjacent to an activating group) is 1. The minimum atomic E-state index is -1.04. The van der Waals surface area contributed by atoms with Gasteiger partial charge in [-0.25, -0.2) is 9.59 Å². The van der Waals surface area contributed by atoms with Crippen LogP contribution >= 0.6 is 0 Å². The number of aromatic nitrogens is 2. The maximum absolute atomic E-state index is 12.7. The highest BCUT2D eigenvalue weighted by molar-refractivity contribution is 5.81. The number of aliphatic carboxylic acids is 1. The van der Waals surface area contributed by atoms with Crippen molar-refractivity contribution in [3.63, 3.8) is 0 Å². The van der Waals surface area contributed by atoms with Crippen molar-refractivity contribution in [3.8, 4) is 5.75 Å². The Bertz CT molecular complexity index is 1080. The first kappa shape index (κ1) is 20.2. The van der Waals surface area contributed by atoms with E-state index >= 15 is 0 Å². The normalized spacial score (nSPS) is 10.8. The number of hydrogen-bond donors (Lipinski definition) is 1. The average Bonchev–Trinajstić information content (AvgIpc) is 2.98. The molecule has 0 saturated carbocycles. The fourth-order valence-corrected chi connectivity index (χ4v) is 3.19. The molecule has 0 aliphatic heterocycles. The Morgan fingerprint density at radius 3 is 2.24 bits per heavy atom. The molecule has 152 valence electrons. The minimum Gasteiger partial charge on any atom is -0.482 e. The Morgan fingerprint density at radius 2 is 1.66 bits per heavy atom. The number of rotatable bonds is 8. The number of aryl methyl sites for hydroxylation is 1. The van der Waals surface area contributed by atoms with Crippen molar-refractivity contribution in [2.45, 2.75) is 26.6 Å². The maximum atomic E-state index is 12.7. The van der Waals surface area contributed by atoms with Crippen LogP contribution in [0.25, 0.3) is 11.0 Å². The first-order chi connectivity index (χ1) is 13.9. The highest BCUT2D eigenvalue weighted by Crippen LogP contribution is 2.15. The summed E-state index contributed by atoms with van der Waals surface area (Å²) < 4.78 is 8.25. The summed E-state index contributed by atoms with van der Waals surface area (Å²) in [6.07, 6.45) is 0. The molecule has 0 radical (unpaired) electrons. The molecule has 0 aliphatic rings. The molecule has 8 nitrogen and oxygen atoms in total. The van der Waals surface area contributed by atoms with Crippen LogP contribution in [0.2, 0.25) is 0 Å². The molecule has 2 aromatic carbocycles. The number of benzene rings is 2. The SMILES string of the molecule is CCn1c(=O)n(CC(=O)N(C)Cc2ccc(OCC(=O)O)cc2)c2ccccc21. The van der Waals surface area contributed by atoms with E-state index in [1.807, 2.05) is 31.2 Å². The summed E-state index contributed by atoms with van der Waals surface area (Å²) in [5.41, 5.74) is 2.22. The summed E-state index contributed by atoms with van der Waals surface area (Å²) >= 11 is 0. The van der Waals surface area contributed by atoms with Gasteiger partial charge in [-0.3, -0.25) is 13.9 Å². The summed E-state index contributed by atoms with van der Waals surface area (Å²) in [6.45, 7) is 2.35. The molecular weight excluding hydrogens is 374 g/mol. The number of hydrogen-bond acceptors (Lipinski definition) is 4. The van der Waals surface area contributed by atoms with Gasteiger partial charge < -0.3 is 14.7 Å². The zero-order chi connectivity index (χ0) is 21.0. The maximum Gasteiger partial charge on any atom is 0.341 e. The van der Waals surface area contributed by atoms with E-state index in [9.17, 15) is 14.4 Å². The molecule has 0 fully saturated rings. The van der Waals surface area contributed by atoms with E-state index in [-0.39, 0.29) is 18.1 Å². The van der Waals surface area contributed by atoms with Crippen molar-refractivity contribution in [2.24, 2.45) is 0 Å². The van der Waals surface area contributed by atoms with Crippen molar-refractivity contribution in [1.29, 1.82) is 0 Å². The number of para-hydroxylation sites is 2. The monoisotopic (exact) mass is 397 g/mol. The zero-order valence-corrected chi connectivity index (χ0v) is 16.4. The molecule has 8 heteroatoms. The number of ether oxygens (including phenoxy) is 1. The third-order valence-electron chi connectivity index (χ3n) is 4.67. The predicted octanol–water partition coefficient (Wildman–Crippen LogP) is 1.94. The Morgan fingerprint density at radius 1 is 1.03 bits per heavy atom. The quantitative estimate of drug-likeness (QED) is 0.627. The number of fused-ring (bicyclic) bond motifs is 1. The van der Waals surface area contributed by atoms with Crippen LogP contribution in [0, 0.1) is 0 Å². The van der Waals surface area contributed by atoms with Gasteiger partial charge in [0.25, 0.3) is 0 Å². The lowest BCUT2D eigenvalue weighted by molar-refractivity contribution is -0.139. The Hall–Kier alpha value is -3.55. The second-order valence-corrected chi connectivity index (χ2v) is 6.68. The summed E-state index contributed by atoms with van der Waals surface area (Å²) in [5.74, 6) is -0.777. The zero-order valence-electron chi connectivity index (χ0n) is 16.4. The number of carbonyl (C=O) groups excluding carboxylic acids is 1. The first-order valence-electron chi connectivity index (χ1n) is 9.26. The van der Waals surface area contributed by atoms with Gasteiger partial charge in [0.2, 0.25) is 5.91 Å². The molecular formula is C21H23N3O5. The second-order valence-electron chi connectivity index (χ2n) is 6.68. The number of carbonyl (C=O) groups is 2. The van der Waals surface area contributed by atoms with Crippen molar-refractivity contribution < 1.29 is 19.4 Å². The van der Waals surface area contributed by atoms with E-state index in [2.05, 4.69) is 0 Å². The van der Waals surface area contributed by atoms with Crippen LogP contribution in [0.15, 0.2) is 53.3 Å². The largest absolute Gasteiger partial charge is 0.482 e. The summed E-state index contributed by atoms with van der Waals surface area (Å²) in [5, 5.41) is 8.64. The molecule has 0 atom stereocenters. The van der Waals surface area contributed by atoms with E-state index < -0.39 is 12.6 Å². The van der Waals surface area contributed by atoms with Gasteiger partial charge in [0.15, 0.2) is 6.61 Å². The predicted molar refractivity (Wildman–Crippen MR) is 108 cm³/mol. The molecule has 1 N–H and O–H groups in total. The molecule has 29 heavy (non-hydrogen) atoms. The molecule has 1 amide bonds. The summed E-state index contributed by atoms with van der Waals surface area (Å²) in [7, 11) is 1.68. The van der Waals surface area contributed by atoms with Gasteiger partial charge in [0, 0.05) is 20.1 Å². The molecule has 0 aliphatic carbocycles. The van der Waals surface area contributed by atoms with Crippen LogP contribution in [0.5, 0.6) is 5.75 Å². The highest BCUT2D eigenvalue weighted by Gasteiger charge is 2.17. The van der Waals surface area contributed by atoms with Crippen LogP contribution in [0.4, 0.5) is 0 Å². The molecule has 0 saturated heterocycles. The highest BCUT2D eigenvalue weighted by atomic mass is 16.5. The van der Waals surface area contributed by atoms with Gasteiger partial charge in [0.05, 0.1) is 11.0 Å². The second kappa shape index (κ2) is 8.64. The van der Waals surface area contributed by atoms with Gasteiger partial charge in [-0.05, 0) is 36.8 Å². The smallest absolute Gasteiger partial charge is 0.341 e. The number of carboxylic acids is 1. The van der Waals surface area contributed by atoms with Crippen LogP contribution in [-0.2, 0) is 29.2 Å². The summed E-state index contributed by atoms with van der Waals surface area (Å²) in [4.78, 5) is 37.5. The van der Waals surface area contributed by atoms with Gasteiger partial charge in [-0.15, -0.1) is 0 Å². The third kappa shape index (κ3) is 4.48. The first-order valence-corrected chi connectivity index (χ1v) is 9.26. The number of carboxylic acid groups (broad SMARTS) is 1. The molecule has 3 rings (SSSR count). The van der Waals surface area contributed by atoms with Gasteiger partial charge in [0.1, 0.15) is 12.3 Å². The van der Waals surface area contributed by atoms with E-state index in [1.165, 1.54) is 4.57 Å². The molecule has 1 heterocycles. The van der Waals surface area contributed by atoms with Crippen molar-refractivity contribution in [1.82, 2.24) is 14.0 Å². The Balaban J connectivity index is 1.70. The summed E-state index contributed by atoms with van der Waals surface area (Å²) in [6, 6.07) is 14.3. The molecule has 0 unspecified atom stereocenters. The van der Waals surface area contributed by atoms with E-state index in [0.29, 0.717) is 18.8 Å². The Kier molecular flexibility index (Phi) is 6.01. The van der Waals surface area contributed by atoms with Crippen LogP contribution in [0.1, 0.15) is 12.5 Å². The van der Waals surface area contributed by atoms with Crippen molar-refractivity contribution in [2.75, 3.05) is 13.7 Å². The third-order valence-corrected chi connectivity index (χ3v) is 4.67. The van der Waals surface area contributed by atoms with Gasteiger partial charge in [-0.2, -0.15) is 0 Å². The van der Waals surface area contributed by atoms with Crippen molar-refractivity contribution in [3.05, 3.63) is 64.6 Å². The lowest BCUT2D eigenvalue weighted by atomic mass is 10.2. The molecule has 3 aromatic rings. The number of imidazole rings is 1. The molecule has 0 bridgehead atoms. The number of nitrogens with zero attached hydrogens (tertiary/aromatic N) is 3. The number of amides is 1. The van der Waals surface area contributed by atoms with Crippen LogP contribution in [0.3, 0.4) is 0 Å². The molecule has 0 spiro atoms. The fourth-order valence-electron chi connectivity index (χ4n) is 3.19. The lowest BCUT2D eigenvalue weighted by Gasteiger charge is -2.18. The standard InChI is InChI=1S/C21H23N3O5/c1-3-23-17-6-4-5-7-18(17)24(21(23)28)13-19(25)22(2)12-15-8-10-16(11-9-15)29-14-20(26)27/h4-11H,3,12-14H2,1-2H3,(H,26,27). The lowest BCUT2D eigenvalue weighted by Crippen LogP contribution is -2.34. The van der Waals surface area contributed by atoms with E-state index in [4.69, 9.17) is 9.84 Å². The molecule has 1 aromatic heterocycles. The van der Waals surface area contributed by atoms with Crippen molar-refractivity contribution >= 4 is 22.9 Å². The Labute approximate surface area is 167 Å². The van der Waals surface area contributed by atoms with Gasteiger partial charge in [-0.1, -0.05) is 24.3 Å². The van der Waals surface area contributed by atoms with E-state index in [0.717, 1.165) is 16.6 Å². The topological polar surface area (TPSA) is 93.8 Å². The fraction of sp³-hybridized carbons (Fsp3) is 0.286.